The number of methoxy groups -OCH3 is 1. The number of carbonyl (C=O) groups is 1. The molecule has 2 aromatic rings. The number of fused-ring (bicyclic) bond motifs is 1. The van der Waals surface area contributed by atoms with Crippen molar-refractivity contribution in [2.45, 2.75) is 31.7 Å². The summed E-state index contributed by atoms with van der Waals surface area (Å²) < 4.78 is 5.25. The van der Waals surface area contributed by atoms with E-state index in [-0.39, 0.29) is 24.5 Å². The van der Waals surface area contributed by atoms with Gasteiger partial charge in [-0.25, -0.2) is 0 Å². The Morgan fingerprint density at radius 3 is 2.78 bits per heavy atom. The van der Waals surface area contributed by atoms with Crippen LogP contribution in [0.25, 0.3) is 10.8 Å². The minimum absolute atomic E-state index is 0.0188. The molecule has 0 unspecified atom stereocenters. The van der Waals surface area contributed by atoms with Crippen LogP contribution in [0.4, 0.5) is 0 Å². The molecule has 0 saturated carbocycles. The summed E-state index contributed by atoms with van der Waals surface area (Å²) in [5.41, 5.74) is 1.01. The normalized spacial score (nSPS) is 19.1. The number of carbonyl (C=O) groups excluding carboxylic acids is 1. The van der Waals surface area contributed by atoms with Gasteiger partial charge in [0, 0.05) is 6.54 Å². The molecule has 0 aliphatic carbocycles. The topological polar surface area (TPSA) is 49.8 Å². The van der Waals surface area contributed by atoms with E-state index in [1.54, 1.807) is 7.11 Å². The van der Waals surface area contributed by atoms with Crippen LogP contribution < -0.4 is 4.74 Å². The number of hydrogen-bond acceptors (Lipinski definition) is 3. The molecule has 0 aromatic heterocycles. The Morgan fingerprint density at radius 2 is 2.04 bits per heavy atom. The van der Waals surface area contributed by atoms with Crippen molar-refractivity contribution >= 4 is 16.7 Å². The van der Waals surface area contributed by atoms with Gasteiger partial charge in [0.25, 0.3) is 0 Å². The molecule has 2 aromatic carbocycles. The number of aliphatic hydroxyl groups is 1. The highest BCUT2D eigenvalue weighted by Crippen LogP contribution is 2.28. The van der Waals surface area contributed by atoms with Crippen LogP contribution >= 0.6 is 0 Å². The van der Waals surface area contributed by atoms with Crippen molar-refractivity contribution in [1.29, 1.82) is 0 Å². The third-order valence-corrected chi connectivity index (χ3v) is 4.81. The van der Waals surface area contributed by atoms with E-state index in [1.165, 1.54) is 0 Å². The zero-order valence-corrected chi connectivity index (χ0v) is 13.7. The molecule has 4 nitrogen and oxygen atoms in total. The SMILES string of the molecule is COc1ccc2cc([C@H](C)C(=O)N3CCC[C@@H]3CO)ccc2c1. The molecule has 1 heterocycles. The van der Waals surface area contributed by atoms with Crippen LogP contribution in [-0.2, 0) is 4.79 Å². The molecule has 1 aliphatic rings. The predicted molar refractivity (Wildman–Crippen MR) is 90.7 cm³/mol. The van der Waals surface area contributed by atoms with Crippen molar-refractivity contribution in [3.05, 3.63) is 42.0 Å². The number of benzene rings is 2. The average molecular weight is 313 g/mol. The van der Waals surface area contributed by atoms with Gasteiger partial charge in [0.1, 0.15) is 5.75 Å². The largest absolute Gasteiger partial charge is 0.497 e. The number of rotatable bonds is 4. The van der Waals surface area contributed by atoms with E-state index in [2.05, 4.69) is 6.07 Å². The Labute approximate surface area is 136 Å². The number of aliphatic hydroxyl groups excluding tert-OH is 1. The Morgan fingerprint density at radius 1 is 1.30 bits per heavy atom. The van der Waals surface area contributed by atoms with E-state index in [1.807, 2.05) is 42.2 Å². The summed E-state index contributed by atoms with van der Waals surface area (Å²) in [5.74, 6) is 0.736. The summed E-state index contributed by atoms with van der Waals surface area (Å²) in [6.07, 6.45) is 1.87. The average Bonchev–Trinajstić information content (AvgIpc) is 3.08. The first-order valence-corrected chi connectivity index (χ1v) is 8.13. The van der Waals surface area contributed by atoms with Gasteiger partial charge in [-0.05, 0) is 48.2 Å². The zero-order valence-electron chi connectivity index (χ0n) is 13.7. The Balaban J connectivity index is 1.85. The molecule has 23 heavy (non-hydrogen) atoms. The van der Waals surface area contributed by atoms with E-state index in [0.29, 0.717) is 0 Å². The molecule has 1 N–H and O–H groups in total. The second-order valence-corrected chi connectivity index (χ2v) is 6.20. The molecule has 1 saturated heterocycles. The van der Waals surface area contributed by atoms with E-state index in [4.69, 9.17) is 4.74 Å². The fraction of sp³-hybridized carbons (Fsp3) is 0.421. The fourth-order valence-electron chi connectivity index (χ4n) is 3.35. The smallest absolute Gasteiger partial charge is 0.230 e. The van der Waals surface area contributed by atoms with Gasteiger partial charge in [0.05, 0.1) is 25.7 Å². The molecule has 0 spiro atoms. The molecule has 1 amide bonds. The van der Waals surface area contributed by atoms with Gasteiger partial charge < -0.3 is 14.7 Å². The molecular weight excluding hydrogens is 290 g/mol. The lowest BCUT2D eigenvalue weighted by Crippen LogP contribution is -2.39. The lowest BCUT2D eigenvalue weighted by Gasteiger charge is -2.26. The molecule has 0 bridgehead atoms. The number of nitrogens with zero attached hydrogens (tertiary/aromatic N) is 1. The maximum absolute atomic E-state index is 12.7. The van der Waals surface area contributed by atoms with Crippen molar-refractivity contribution in [2.75, 3.05) is 20.3 Å². The monoisotopic (exact) mass is 313 g/mol. The minimum Gasteiger partial charge on any atom is -0.497 e. The molecule has 3 rings (SSSR count). The summed E-state index contributed by atoms with van der Waals surface area (Å²) in [7, 11) is 1.66. The van der Waals surface area contributed by atoms with Gasteiger partial charge in [0.15, 0.2) is 0 Å². The molecule has 2 atom stereocenters. The molecule has 122 valence electrons. The first-order valence-electron chi connectivity index (χ1n) is 8.13. The van der Waals surface area contributed by atoms with Crippen molar-refractivity contribution in [3.8, 4) is 5.75 Å². The van der Waals surface area contributed by atoms with E-state index >= 15 is 0 Å². The van der Waals surface area contributed by atoms with Crippen molar-refractivity contribution in [1.82, 2.24) is 4.90 Å². The van der Waals surface area contributed by atoms with Crippen LogP contribution in [0.1, 0.15) is 31.2 Å². The summed E-state index contributed by atoms with van der Waals surface area (Å²) >= 11 is 0. The zero-order chi connectivity index (χ0) is 16.4. The van der Waals surface area contributed by atoms with Gasteiger partial charge >= 0.3 is 0 Å². The van der Waals surface area contributed by atoms with Crippen LogP contribution in [0.2, 0.25) is 0 Å². The first kappa shape index (κ1) is 15.8. The van der Waals surface area contributed by atoms with Gasteiger partial charge in [-0.3, -0.25) is 4.79 Å². The van der Waals surface area contributed by atoms with Gasteiger partial charge in [-0.15, -0.1) is 0 Å². The number of likely N-dealkylation sites (tertiary alicyclic amines) is 1. The van der Waals surface area contributed by atoms with Gasteiger partial charge in [-0.2, -0.15) is 0 Å². The first-order chi connectivity index (χ1) is 11.1. The van der Waals surface area contributed by atoms with Gasteiger partial charge in [0.2, 0.25) is 5.91 Å². The van der Waals surface area contributed by atoms with Gasteiger partial charge in [-0.1, -0.05) is 24.3 Å². The highest BCUT2D eigenvalue weighted by atomic mass is 16.5. The molecule has 4 heteroatoms. The second kappa shape index (κ2) is 6.59. The summed E-state index contributed by atoms with van der Waals surface area (Å²) in [6.45, 7) is 2.74. The highest BCUT2D eigenvalue weighted by molar-refractivity contribution is 5.88. The fourth-order valence-corrected chi connectivity index (χ4v) is 3.35. The van der Waals surface area contributed by atoms with Crippen molar-refractivity contribution in [3.63, 3.8) is 0 Å². The second-order valence-electron chi connectivity index (χ2n) is 6.20. The van der Waals surface area contributed by atoms with Crippen LogP contribution in [-0.4, -0.2) is 42.2 Å². The molecule has 0 radical (unpaired) electrons. The predicted octanol–water partition coefficient (Wildman–Crippen LogP) is 2.94. The quantitative estimate of drug-likeness (QED) is 0.944. The summed E-state index contributed by atoms with van der Waals surface area (Å²) in [4.78, 5) is 14.6. The summed E-state index contributed by atoms with van der Waals surface area (Å²) in [6, 6.07) is 12.0. The van der Waals surface area contributed by atoms with Crippen molar-refractivity contribution < 1.29 is 14.6 Å². The van der Waals surface area contributed by atoms with E-state index in [0.717, 1.165) is 41.5 Å². The summed E-state index contributed by atoms with van der Waals surface area (Å²) in [5, 5.41) is 11.6. The minimum atomic E-state index is -0.200. The van der Waals surface area contributed by atoms with Crippen molar-refractivity contribution in [2.24, 2.45) is 0 Å². The molecule has 1 aliphatic heterocycles. The Kier molecular flexibility index (Phi) is 4.53. The van der Waals surface area contributed by atoms with E-state index in [9.17, 15) is 9.90 Å². The Bertz CT molecular complexity index is 713. The highest BCUT2D eigenvalue weighted by Gasteiger charge is 2.31. The van der Waals surface area contributed by atoms with Crippen LogP contribution in [0.5, 0.6) is 5.75 Å². The molecular formula is C19H23NO3. The van der Waals surface area contributed by atoms with Crippen LogP contribution in [0.15, 0.2) is 36.4 Å². The Hall–Kier alpha value is -2.07. The van der Waals surface area contributed by atoms with Crippen LogP contribution in [0.3, 0.4) is 0 Å². The maximum Gasteiger partial charge on any atom is 0.230 e. The lowest BCUT2D eigenvalue weighted by atomic mass is 9.96. The third-order valence-electron chi connectivity index (χ3n) is 4.81. The number of hydrogen-bond donors (Lipinski definition) is 1. The number of ether oxygens (including phenoxy) is 1. The number of amides is 1. The maximum atomic E-state index is 12.7. The van der Waals surface area contributed by atoms with E-state index < -0.39 is 0 Å². The van der Waals surface area contributed by atoms with Crippen LogP contribution in [0, 0.1) is 0 Å². The molecule has 1 fully saturated rings. The standard InChI is InChI=1S/C19H23NO3/c1-13(19(22)20-9-3-4-17(20)12-21)14-5-6-16-11-18(23-2)8-7-15(16)10-14/h5-8,10-11,13,17,21H,3-4,9,12H2,1-2H3/t13-,17+/m0/s1. The third kappa shape index (κ3) is 3.04. The lowest BCUT2D eigenvalue weighted by molar-refractivity contribution is -0.133.